The van der Waals surface area contributed by atoms with Crippen molar-refractivity contribution in [1.82, 2.24) is 0 Å². The third-order valence-electron chi connectivity index (χ3n) is 2.72. The van der Waals surface area contributed by atoms with E-state index in [9.17, 15) is 8.94 Å². The lowest BCUT2D eigenvalue weighted by atomic mass is 10.1. The second-order valence-corrected chi connectivity index (χ2v) is 5.51. The summed E-state index contributed by atoms with van der Waals surface area (Å²) in [5.41, 5.74) is 7.87. The normalized spacial score (nSPS) is 12.8. The molecule has 0 aliphatic rings. The Morgan fingerprint density at radius 1 is 1.11 bits per heavy atom. The molecule has 0 saturated carbocycles. The van der Waals surface area contributed by atoms with Crippen LogP contribution in [0.4, 0.5) is 10.1 Å². The number of hydrogen-bond donors (Lipinski definition) is 1. The zero-order valence-corrected chi connectivity index (χ0v) is 11.3. The fourth-order valence-electron chi connectivity index (χ4n) is 1.65. The maximum absolute atomic E-state index is 13.1. The van der Waals surface area contributed by atoms with Gasteiger partial charge in [0.1, 0.15) is 12.1 Å². The third kappa shape index (κ3) is 3.59. The quantitative estimate of drug-likeness (QED) is 0.530. The van der Waals surface area contributed by atoms with Gasteiger partial charge >= 0.3 is 0 Å². The minimum absolute atomic E-state index is 0.314. The molecular formula is C15H14FNOS. The van der Waals surface area contributed by atoms with E-state index in [0.717, 1.165) is 10.5 Å². The van der Waals surface area contributed by atoms with Gasteiger partial charge in [-0.15, -0.1) is 0 Å². The molecule has 1 atom stereocenters. The molecule has 0 bridgehead atoms. The molecule has 2 N–H and O–H groups in total. The maximum Gasteiger partial charge on any atom is 0.152 e. The van der Waals surface area contributed by atoms with Crippen LogP contribution in [0.15, 0.2) is 47.4 Å². The molecule has 19 heavy (non-hydrogen) atoms. The van der Waals surface area contributed by atoms with Crippen molar-refractivity contribution in [2.24, 2.45) is 0 Å². The third-order valence-corrected chi connectivity index (χ3v) is 3.65. The van der Waals surface area contributed by atoms with Gasteiger partial charge in [-0.25, -0.2) is 4.39 Å². The summed E-state index contributed by atoms with van der Waals surface area (Å²) in [4.78, 5) is 0.780. The Morgan fingerprint density at radius 3 is 2.42 bits per heavy atom. The summed E-state index contributed by atoms with van der Waals surface area (Å²) in [5, 5.41) is 0. The Labute approximate surface area is 114 Å². The van der Waals surface area contributed by atoms with E-state index < -0.39 is 11.2 Å². The van der Waals surface area contributed by atoms with Crippen molar-refractivity contribution in [2.75, 3.05) is 12.0 Å². The summed E-state index contributed by atoms with van der Waals surface area (Å²) in [5.74, 6) is -0.314. The Morgan fingerprint density at radius 2 is 1.79 bits per heavy atom. The van der Waals surface area contributed by atoms with Gasteiger partial charge in [0, 0.05) is 11.3 Å². The molecule has 2 aromatic carbocycles. The Balaban J connectivity index is 2.20. The lowest BCUT2D eigenvalue weighted by Gasteiger charge is -2.04. The smallest absolute Gasteiger partial charge is 0.152 e. The fourth-order valence-corrected chi connectivity index (χ4v) is 2.17. The monoisotopic (exact) mass is 275 g/mol. The second-order valence-electron chi connectivity index (χ2n) is 4.13. The molecule has 0 heterocycles. The summed E-state index contributed by atoms with van der Waals surface area (Å²) in [6.07, 6.45) is 5.24. The van der Waals surface area contributed by atoms with Crippen molar-refractivity contribution in [2.45, 2.75) is 4.90 Å². The number of benzene rings is 2. The SMILES string of the molecule is C[S+]([O-])c1ccc(/C=C\c2cc(F)ccc2N)cc1. The van der Waals surface area contributed by atoms with Crippen molar-refractivity contribution in [3.05, 3.63) is 59.4 Å². The molecule has 0 amide bonds. The van der Waals surface area contributed by atoms with Gasteiger partial charge in [0.25, 0.3) is 0 Å². The van der Waals surface area contributed by atoms with Crippen LogP contribution in [-0.2, 0) is 11.2 Å². The molecule has 98 valence electrons. The van der Waals surface area contributed by atoms with Gasteiger partial charge < -0.3 is 10.3 Å². The maximum atomic E-state index is 13.1. The van der Waals surface area contributed by atoms with Crippen LogP contribution in [0.5, 0.6) is 0 Å². The van der Waals surface area contributed by atoms with Gasteiger partial charge in [0.05, 0.1) is 0 Å². The van der Waals surface area contributed by atoms with Crippen LogP contribution in [0.25, 0.3) is 12.2 Å². The molecule has 0 radical (unpaired) electrons. The van der Waals surface area contributed by atoms with Crippen LogP contribution in [-0.4, -0.2) is 10.8 Å². The first kappa shape index (κ1) is 13.6. The Kier molecular flexibility index (Phi) is 4.24. The van der Waals surface area contributed by atoms with Crippen molar-refractivity contribution < 1.29 is 8.94 Å². The van der Waals surface area contributed by atoms with E-state index in [1.165, 1.54) is 12.1 Å². The van der Waals surface area contributed by atoms with Crippen molar-refractivity contribution >= 4 is 29.0 Å². The zero-order valence-electron chi connectivity index (χ0n) is 10.5. The number of anilines is 1. The van der Waals surface area contributed by atoms with Gasteiger partial charge in [-0.3, -0.25) is 0 Å². The summed E-state index contributed by atoms with van der Waals surface area (Å²) in [6, 6.07) is 11.6. The second kappa shape index (κ2) is 5.91. The highest BCUT2D eigenvalue weighted by molar-refractivity contribution is 7.90. The number of nitrogens with two attached hydrogens (primary N) is 1. The van der Waals surface area contributed by atoms with E-state index >= 15 is 0 Å². The molecule has 0 aromatic heterocycles. The molecule has 2 rings (SSSR count). The van der Waals surface area contributed by atoms with E-state index in [-0.39, 0.29) is 5.82 Å². The largest absolute Gasteiger partial charge is 0.612 e. The molecular weight excluding hydrogens is 261 g/mol. The Hall–Kier alpha value is -1.78. The lowest BCUT2D eigenvalue weighted by molar-refractivity contribution is 0.601. The molecule has 0 spiro atoms. The van der Waals surface area contributed by atoms with Gasteiger partial charge in [0.15, 0.2) is 4.90 Å². The van der Waals surface area contributed by atoms with Crippen LogP contribution >= 0.6 is 0 Å². The van der Waals surface area contributed by atoms with E-state index in [1.54, 1.807) is 18.4 Å². The lowest BCUT2D eigenvalue weighted by Crippen LogP contribution is -1.96. The van der Waals surface area contributed by atoms with E-state index in [0.29, 0.717) is 11.3 Å². The zero-order chi connectivity index (χ0) is 13.8. The van der Waals surface area contributed by atoms with Crippen molar-refractivity contribution in [3.8, 4) is 0 Å². The predicted molar refractivity (Wildman–Crippen MR) is 78.5 cm³/mol. The summed E-state index contributed by atoms with van der Waals surface area (Å²) in [7, 11) is 0. The number of nitrogen functional groups attached to an aromatic ring is 1. The number of rotatable bonds is 3. The highest BCUT2D eigenvalue weighted by Gasteiger charge is 2.02. The van der Waals surface area contributed by atoms with Crippen LogP contribution in [0, 0.1) is 5.82 Å². The highest BCUT2D eigenvalue weighted by atomic mass is 32.2. The van der Waals surface area contributed by atoms with Crippen LogP contribution in [0.2, 0.25) is 0 Å². The summed E-state index contributed by atoms with van der Waals surface area (Å²) >= 11 is -0.978. The minimum Gasteiger partial charge on any atom is -0.612 e. The average Bonchev–Trinajstić information content (AvgIpc) is 2.40. The fraction of sp³-hybridized carbons (Fsp3) is 0.0667. The molecule has 0 aliphatic heterocycles. The Bertz CT molecular complexity index is 594. The van der Waals surface area contributed by atoms with Crippen molar-refractivity contribution in [3.63, 3.8) is 0 Å². The average molecular weight is 275 g/mol. The molecule has 0 fully saturated rings. The highest BCUT2D eigenvalue weighted by Crippen LogP contribution is 2.17. The minimum atomic E-state index is -0.978. The summed E-state index contributed by atoms with van der Waals surface area (Å²) < 4.78 is 24.3. The molecule has 4 heteroatoms. The predicted octanol–water partition coefficient (Wildman–Crippen LogP) is 3.32. The van der Waals surface area contributed by atoms with Crippen molar-refractivity contribution in [1.29, 1.82) is 0 Å². The molecule has 2 aromatic rings. The summed E-state index contributed by atoms with van der Waals surface area (Å²) in [6.45, 7) is 0. The van der Waals surface area contributed by atoms with Gasteiger partial charge in [-0.1, -0.05) is 12.2 Å². The standard InChI is InChI=1S/C15H14FNOS/c1-19(18)14-7-3-11(4-8-14)2-5-12-10-13(16)6-9-15(12)17/h2-10H,17H2,1H3/b5-2-. The van der Waals surface area contributed by atoms with E-state index in [2.05, 4.69) is 0 Å². The van der Waals surface area contributed by atoms with E-state index in [1.807, 2.05) is 30.3 Å². The molecule has 2 nitrogen and oxygen atoms in total. The van der Waals surface area contributed by atoms with Gasteiger partial charge in [-0.05, 0) is 59.2 Å². The van der Waals surface area contributed by atoms with Gasteiger partial charge in [0.2, 0.25) is 0 Å². The number of hydrogen-bond acceptors (Lipinski definition) is 2. The van der Waals surface area contributed by atoms with Gasteiger partial charge in [-0.2, -0.15) is 0 Å². The first-order valence-electron chi connectivity index (χ1n) is 5.73. The number of halogens is 1. The van der Waals surface area contributed by atoms with Crippen LogP contribution < -0.4 is 5.73 Å². The molecule has 1 unspecified atom stereocenters. The first-order valence-corrected chi connectivity index (χ1v) is 7.28. The first-order chi connectivity index (χ1) is 9.06. The van der Waals surface area contributed by atoms with Crippen LogP contribution in [0.3, 0.4) is 0 Å². The van der Waals surface area contributed by atoms with E-state index in [4.69, 9.17) is 5.73 Å². The molecule has 0 saturated heterocycles. The topological polar surface area (TPSA) is 49.1 Å². The molecule has 0 aliphatic carbocycles. The van der Waals surface area contributed by atoms with Crippen LogP contribution in [0.1, 0.15) is 11.1 Å².